The van der Waals surface area contributed by atoms with E-state index in [2.05, 4.69) is 25.2 Å². The highest BCUT2D eigenvalue weighted by Gasteiger charge is 2.34. The van der Waals surface area contributed by atoms with Crippen molar-refractivity contribution in [3.05, 3.63) is 0 Å². The maximum Gasteiger partial charge on any atom is 0.0926 e. The second-order valence-corrected chi connectivity index (χ2v) is 4.45. The summed E-state index contributed by atoms with van der Waals surface area (Å²) < 4.78 is 0. The molecule has 0 radical (unpaired) electrons. The first-order valence-corrected chi connectivity index (χ1v) is 4.72. The third-order valence-corrected chi connectivity index (χ3v) is 2.90. The van der Waals surface area contributed by atoms with E-state index in [1.165, 1.54) is 19.3 Å². The van der Waals surface area contributed by atoms with Crippen LogP contribution in [0.15, 0.2) is 0 Å². The Morgan fingerprint density at radius 2 is 2.25 bits per heavy atom. The molecule has 0 bridgehead atoms. The summed E-state index contributed by atoms with van der Waals surface area (Å²) in [7, 11) is 0. The number of hydrogen-bond acceptors (Lipinski definition) is 2. The SMILES string of the molecule is CC(C#N)NC1CCCC1(C)C. The smallest absolute Gasteiger partial charge is 0.0926 e. The minimum atomic E-state index is -0.00706. The van der Waals surface area contributed by atoms with E-state index in [1.54, 1.807) is 0 Å². The fourth-order valence-electron chi connectivity index (χ4n) is 1.97. The van der Waals surface area contributed by atoms with Crippen LogP contribution in [0.25, 0.3) is 0 Å². The van der Waals surface area contributed by atoms with Crippen LogP contribution in [0.5, 0.6) is 0 Å². The van der Waals surface area contributed by atoms with Gasteiger partial charge in [-0.25, -0.2) is 0 Å². The number of nitrogens with one attached hydrogen (secondary N) is 1. The van der Waals surface area contributed by atoms with Crippen molar-refractivity contribution in [2.24, 2.45) is 5.41 Å². The van der Waals surface area contributed by atoms with Crippen LogP contribution in [-0.2, 0) is 0 Å². The van der Waals surface area contributed by atoms with Crippen LogP contribution in [0.3, 0.4) is 0 Å². The average molecular weight is 166 g/mol. The molecule has 1 aliphatic rings. The van der Waals surface area contributed by atoms with Gasteiger partial charge in [-0.2, -0.15) is 5.26 Å². The maximum absolute atomic E-state index is 8.65. The van der Waals surface area contributed by atoms with Crippen molar-refractivity contribution in [3.63, 3.8) is 0 Å². The fourth-order valence-corrected chi connectivity index (χ4v) is 1.97. The van der Waals surface area contributed by atoms with Gasteiger partial charge in [-0.1, -0.05) is 20.3 Å². The normalized spacial score (nSPS) is 29.7. The Labute approximate surface area is 75.0 Å². The topological polar surface area (TPSA) is 35.8 Å². The molecular weight excluding hydrogens is 148 g/mol. The zero-order valence-corrected chi connectivity index (χ0v) is 8.22. The van der Waals surface area contributed by atoms with Gasteiger partial charge in [0.1, 0.15) is 0 Å². The second kappa shape index (κ2) is 3.45. The van der Waals surface area contributed by atoms with E-state index in [4.69, 9.17) is 5.26 Å². The molecule has 12 heavy (non-hydrogen) atoms. The fraction of sp³-hybridized carbons (Fsp3) is 0.900. The van der Waals surface area contributed by atoms with Gasteiger partial charge in [0.05, 0.1) is 12.1 Å². The van der Waals surface area contributed by atoms with Crippen LogP contribution in [-0.4, -0.2) is 12.1 Å². The number of nitriles is 1. The summed E-state index contributed by atoms with van der Waals surface area (Å²) in [5, 5.41) is 12.0. The average Bonchev–Trinajstić information content (AvgIpc) is 2.31. The van der Waals surface area contributed by atoms with E-state index in [0.29, 0.717) is 11.5 Å². The molecule has 0 aromatic rings. The molecule has 0 aromatic heterocycles. The first-order valence-electron chi connectivity index (χ1n) is 4.72. The summed E-state index contributed by atoms with van der Waals surface area (Å²) in [6.07, 6.45) is 3.80. The van der Waals surface area contributed by atoms with Crippen LogP contribution in [0.4, 0.5) is 0 Å². The molecule has 1 rings (SSSR count). The molecule has 0 aromatic carbocycles. The third-order valence-electron chi connectivity index (χ3n) is 2.90. The number of hydrogen-bond donors (Lipinski definition) is 1. The highest BCUT2D eigenvalue weighted by atomic mass is 15.0. The van der Waals surface area contributed by atoms with Gasteiger partial charge < -0.3 is 0 Å². The highest BCUT2D eigenvalue weighted by molar-refractivity contribution is 4.96. The molecule has 1 aliphatic carbocycles. The van der Waals surface area contributed by atoms with Crippen molar-refractivity contribution < 1.29 is 0 Å². The monoisotopic (exact) mass is 166 g/mol. The third kappa shape index (κ3) is 1.98. The van der Waals surface area contributed by atoms with Crippen LogP contribution in [0.1, 0.15) is 40.0 Å². The predicted octanol–water partition coefficient (Wildman–Crippen LogP) is 2.07. The predicted molar refractivity (Wildman–Crippen MR) is 49.6 cm³/mol. The quantitative estimate of drug-likeness (QED) is 0.681. The van der Waals surface area contributed by atoms with Crippen molar-refractivity contribution in [2.45, 2.75) is 52.1 Å². The first-order chi connectivity index (χ1) is 5.56. The molecule has 2 unspecified atom stereocenters. The van der Waals surface area contributed by atoms with Gasteiger partial charge in [0.2, 0.25) is 0 Å². The molecule has 1 saturated carbocycles. The van der Waals surface area contributed by atoms with Crippen molar-refractivity contribution in [3.8, 4) is 6.07 Å². The maximum atomic E-state index is 8.65. The van der Waals surface area contributed by atoms with Crippen LogP contribution >= 0.6 is 0 Å². The summed E-state index contributed by atoms with van der Waals surface area (Å²) in [6.45, 7) is 6.48. The van der Waals surface area contributed by atoms with E-state index in [9.17, 15) is 0 Å². The first kappa shape index (κ1) is 9.54. The standard InChI is InChI=1S/C10H18N2/c1-8(7-11)12-9-5-4-6-10(9,2)3/h8-9,12H,4-6H2,1-3H3. The lowest BCUT2D eigenvalue weighted by Crippen LogP contribution is -2.42. The molecule has 0 amide bonds. The van der Waals surface area contributed by atoms with E-state index in [1.807, 2.05) is 6.92 Å². The second-order valence-electron chi connectivity index (χ2n) is 4.45. The molecule has 0 saturated heterocycles. The minimum absolute atomic E-state index is 0.00706. The molecule has 0 spiro atoms. The lowest BCUT2D eigenvalue weighted by Gasteiger charge is -2.28. The Hall–Kier alpha value is -0.550. The Bertz CT molecular complexity index is 191. The molecule has 0 aliphatic heterocycles. The van der Waals surface area contributed by atoms with Crippen LogP contribution < -0.4 is 5.32 Å². The van der Waals surface area contributed by atoms with Crippen molar-refractivity contribution in [1.82, 2.24) is 5.32 Å². The molecule has 2 atom stereocenters. The van der Waals surface area contributed by atoms with Crippen molar-refractivity contribution in [1.29, 1.82) is 5.26 Å². The highest BCUT2D eigenvalue weighted by Crippen LogP contribution is 2.37. The summed E-state index contributed by atoms with van der Waals surface area (Å²) >= 11 is 0. The summed E-state index contributed by atoms with van der Waals surface area (Å²) in [5.41, 5.74) is 0.380. The molecule has 1 fully saturated rings. The summed E-state index contributed by atoms with van der Waals surface area (Å²) in [6, 6.07) is 2.75. The van der Waals surface area contributed by atoms with E-state index in [0.717, 1.165) is 0 Å². The van der Waals surface area contributed by atoms with Gasteiger partial charge in [-0.3, -0.25) is 5.32 Å². The zero-order valence-electron chi connectivity index (χ0n) is 8.22. The van der Waals surface area contributed by atoms with Gasteiger partial charge >= 0.3 is 0 Å². The Kier molecular flexibility index (Phi) is 2.74. The molecule has 68 valence electrons. The van der Waals surface area contributed by atoms with Crippen molar-refractivity contribution >= 4 is 0 Å². The van der Waals surface area contributed by atoms with E-state index >= 15 is 0 Å². The Morgan fingerprint density at radius 1 is 1.58 bits per heavy atom. The Morgan fingerprint density at radius 3 is 2.67 bits per heavy atom. The van der Waals surface area contributed by atoms with Gasteiger partial charge in [0, 0.05) is 6.04 Å². The van der Waals surface area contributed by atoms with Gasteiger partial charge in [0.25, 0.3) is 0 Å². The van der Waals surface area contributed by atoms with Gasteiger partial charge in [-0.05, 0) is 25.2 Å². The molecule has 0 heterocycles. The molecule has 2 nitrogen and oxygen atoms in total. The largest absolute Gasteiger partial charge is 0.299 e. The van der Waals surface area contributed by atoms with Crippen LogP contribution in [0.2, 0.25) is 0 Å². The molecule has 1 N–H and O–H groups in total. The summed E-state index contributed by atoms with van der Waals surface area (Å²) in [5.74, 6) is 0. The Balaban J connectivity index is 2.48. The van der Waals surface area contributed by atoms with Gasteiger partial charge in [-0.15, -0.1) is 0 Å². The molecular formula is C10H18N2. The lowest BCUT2D eigenvalue weighted by molar-refractivity contribution is 0.277. The van der Waals surface area contributed by atoms with Crippen molar-refractivity contribution in [2.75, 3.05) is 0 Å². The molecule has 2 heteroatoms. The number of rotatable bonds is 2. The summed E-state index contributed by atoms with van der Waals surface area (Å²) in [4.78, 5) is 0. The van der Waals surface area contributed by atoms with Gasteiger partial charge in [0.15, 0.2) is 0 Å². The van der Waals surface area contributed by atoms with E-state index in [-0.39, 0.29) is 6.04 Å². The number of nitrogens with zero attached hydrogens (tertiary/aromatic N) is 1. The van der Waals surface area contributed by atoms with Crippen LogP contribution in [0, 0.1) is 16.7 Å². The van der Waals surface area contributed by atoms with E-state index < -0.39 is 0 Å². The lowest BCUT2D eigenvalue weighted by atomic mass is 9.87. The zero-order chi connectivity index (χ0) is 9.19. The minimum Gasteiger partial charge on any atom is -0.299 e.